The summed E-state index contributed by atoms with van der Waals surface area (Å²) in [5, 5.41) is -5.07. The lowest BCUT2D eigenvalue weighted by Crippen LogP contribution is -2.61. The number of hydrogen-bond acceptors (Lipinski definition) is 0. The molecule has 0 aromatic rings. The van der Waals surface area contributed by atoms with Crippen molar-refractivity contribution in [3.05, 3.63) is 11.1 Å². The van der Waals surface area contributed by atoms with Gasteiger partial charge in [0.05, 0.1) is 0 Å². The van der Waals surface area contributed by atoms with E-state index in [0.29, 0.717) is 0 Å². The van der Waals surface area contributed by atoms with Gasteiger partial charge < -0.3 is 0 Å². The molecule has 0 aliphatic rings. The first-order valence-electron chi connectivity index (χ1n) is 4.61. The minimum absolute atomic E-state index is 2.20. The molecule has 0 aromatic heterocycles. The maximum atomic E-state index is 13.6. The summed E-state index contributed by atoms with van der Waals surface area (Å²) in [7, 11) is 0. The number of alkyl halides is 11. The lowest BCUT2D eigenvalue weighted by atomic mass is 10.0. The van der Waals surface area contributed by atoms with Crippen LogP contribution in [0, 0.1) is 0 Å². The Balaban J connectivity index is 5.95. The van der Waals surface area contributed by atoms with E-state index in [1.165, 1.54) is 0 Å². The topological polar surface area (TPSA) is 0 Å². The monoisotopic (exact) mass is 460 g/mol. The molecule has 0 aromatic carbocycles. The van der Waals surface area contributed by atoms with Crippen molar-refractivity contribution >= 4 is 69.6 Å². The SMILES string of the molecule is FC(Cl)=C(F)C(Cl)C(Cl)(Cl)C(Cl)(Cl)C(F)(F)C(F)C(F)(F)F. The molecule has 0 aliphatic heterocycles. The van der Waals surface area contributed by atoms with Crippen LogP contribution in [0.25, 0.3) is 0 Å². The van der Waals surface area contributed by atoms with Gasteiger partial charge in [0.25, 0.3) is 6.17 Å². The van der Waals surface area contributed by atoms with Gasteiger partial charge in [-0.2, -0.15) is 26.3 Å². The molecule has 0 radical (unpaired) electrons. The van der Waals surface area contributed by atoms with Gasteiger partial charge in [-0.25, -0.2) is 8.78 Å². The first-order chi connectivity index (χ1) is 9.42. The molecule has 14 heteroatoms. The van der Waals surface area contributed by atoms with E-state index >= 15 is 0 Å². The highest BCUT2D eigenvalue weighted by Crippen LogP contribution is 2.59. The summed E-state index contributed by atoms with van der Waals surface area (Å²) in [6.07, 6.45) is -11.0. The molecular formula is C8H2Cl6F8. The van der Waals surface area contributed by atoms with Gasteiger partial charge in [0.15, 0.2) is 10.2 Å². The third kappa shape index (κ3) is 4.11. The maximum Gasteiger partial charge on any atom is 0.425 e. The Morgan fingerprint density at radius 1 is 0.864 bits per heavy atom. The molecule has 0 aliphatic carbocycles. The van der Waals surface area contributed by atoms with Gasteiger partial charge in [-0.15, -0.1) is 11.6 Å². The number of allylic oxidation sites excluding steroid dienone is 1. The summed E-state index contributed by atoms with van der Waals surface area (Å²) in [4.78, 5) is 0. The molecule has 0 spiro atoms. The quantitative estimate of drug-likeness (QED) is 0.310. The van der Waals surface area contributed by atoms with E-state index in [1.807, 2.05) is 0 Å². The molecule has 2 atom stereocenters. The Kier molecular flexibility index (Phi) is 7.33. The second-order valence-corrected chi connectivity index (χ2v) is 7.18. The van der Waals surface area contributed by atoms with Crippen molar-refractivity contribution in [3.63, 3.8) is 0 Å². The molecule has 0 rings (SSSR count). The Morgan fingerprint density at radius 3 is 1.50 bits per heavy atom. The molecule has 0 bridgehead atoms. The largest absolute Gasteiger partial charge is 0.425 e. The molecule has 0 heterocycles. The highest BCUT2D eigenvalue weighted by Gasteiger charge is 2.74. The Morgan fingerprint density at radius 2 is 1.23 bits per heavy atom. The van der Waals surface area contributed by atoms with E-state index in [-0.39, 0.29) is 0 Å². The lowest BCUT2D eigenvalue weighted by Gasteiger charge is -2.41. The van der Waals surface area contributed by atoms with Crippen LogP contribution in [0.15, 0.2) is 11.1 Å². The van der Waals surface area contributed by atoms with E-state index in [2.05, 4.69) is 11.6 Å². The van der Waals surface area contributed by atoms with Crippen LogP contribution in [-0.2, 0) is 0 Å². The summed E-state index contributed by atoms with van der Waals surface area (Å²) < 4.78 is 93.9. The van der Waals surface area contributed by atoms with Crippen molar-refractivity contribution in [1.29, 1.82) is 0 Å². The average Bonchev–Trinajstić information content (AvgIpc) is 2.33. The maximum absolute atomic E-state index is 13.6. The van der Waals surface area contributed by atoms with Crippen molar-refractivity contribution in [2.45, 2.75) is 32.3 Å². The summed E-state index contributed by atoms with van der Waals surface area (Å²) >= 11 is 29.8. The molecule has 0 nitrogen and oxygen atoms in total. The fourth-order valence-corrected chi connectivity index (χ4v) is 2.39. The average molecular weight is 463 g/mol. The Labute approximate surface area is 148 Å². The smallest absolute Gasteiger partial charge is 0.231 e. The zero-order chi connectivity index (χ0) is 18.3. The lowest BCUT2D eigenvalue weighted by molar-refractivity contribution is -0.248. The van der Waals surface area contributed by atoms with Crippen LogP contribution in [0.1, 0.15) is 0 Å². The summed E-state index contributed by atoms with van der Waals surface area (Å²) in [5.41, 5.74) is 0. The van der Waals surface area contributed by atoms with E-state index < -0.39 is 43.4 Å². The highest BCUT2D eigenvalue weighted by atomic mass is 35.5. The van der Waals surface area contributed by atoms with Gasteiger partial charge in [0.1, 0.15) is 5.38 Å². The normalized spacial score (nSPS) is 18.8. The summed E-state index contributed by atoms with van der Waals surface area (Å²) in [6.45, 7) is 0. The van der Waals surface area contributed by atoms with Crippen LogP contribution in [0.4, 0.5) is 35.1 Å². The fraction of sp³-hybridized carbons (Fsp3) is 0.750. The van der Waals surface area contributed by atoms with Crippen molar-refractivity contribution in [3.8, 4) is 0 Å². The van der Waals surface area contributed by atoms with Crippen LogP contribution < -0.4 is 0 Å². The minimum atomic E-state index is -6.11. The summed E-state index contributed by atoms with van der Waals surface area (Å²) in [6, 6.07) is 0. The third-order valence-electron chi connectivity index (χ3n) is 2.16. The second-order valence-electron chi connectivity index (χ2n) is 3.70. The van der Waals surface area contributed by atoms with Gasteiger partial charge in [0.2, 0.25) is 9.62 Å². The first kappa shape index (κ1) is 22.9. The van der Waals surface area contributed by atoms with Gasteiger partial charge in [-0.05, 0) is 11.6 Å². The number of hydrogen-bond donors (Lipinski definition) is 0. The van der Waals surface area contributed by atoms with Crippen LogP contribution in [0.3, 0.4) is 0 Å². The molecule has 0 N–H and O–H groups in total. The molecule has 132 valence electrons. The molecule has 0 saturated carbocycles. The van der Waals surface area contributed by atoms with Crippen LogP contribution >= 0.6 is 69.6 Å². The molecule has 0 amide bonds. The van der Waals surface area contributed by atoms with E-state index in [9.17, 15) is 35.1 Å². The Bertz CT molecular complexity index is 440. The standard InChI is InChI=1S/C8H2Cl6F8/c9-2(1(15)3(10)16)5(11,12)8(13,14)6(18,19)4(17)7(20,21)22/h2,4H. The van der Waals surface area contributed by atoms with Crippen molar-refractivity contribution < 1.29 is 35.1 Å². The van der Waals surface area contributed by atoms with Gasteiger partial charge >= 0.3 is 12.1 Å². The van der Waals surface area contributed by atoms with Crippen LogP contribution in [-0.4, -0.2) is 32.3 Å². The molecule has 0 saturated heterocycles. The molecule has 22 heavy (non-hydrogen) atoms. The van der Waals surface area contributed by atoms with Crippen LogP contribution in [0.5, 0.6) is 0 Å². The minimum Gasteiger partial charge on any atom is -0.231 e. The zero-order valence-electron chi connectivity index (χ0n) is 9.45. The third-order valence-corrected chi connectivity index (χ3v) is 5.58. The van der Waals surface area contributed by atoms with Gasteiger partial charge in [-0.1, -0.05) is 46.4 Å². The highest BCUT2D eigenvalue weighted by molar-refractivity contribution is 6.65. The van der Waals surface area contributed by atoms with Crippen molar-refractivity contribution in [1.82, 2.24) is 0 Å². The van der Waals surface area contributed by atoms with E-state index in [4.69, 9.17) is 58.0 Å². The molecular weight excluding hydrogens is 461 g/mol. The van der Waals surface area contributed by atoms with Crippen molar-refractivity contribution in [2.75, 3.05) is 0 Å². The molecule has 0 fully saturated rings. The van der Waals surface area contributed by atoms with E-state index in [1.54, 1.807) is 0 Å². The predicted octanol–water partition coefficient (Wildman–Crippen LogP) is 6.82. The van der Waals surface area contributed by atoms with Crippen LogP contribution in [0.2, 0.25) is 0 Å². The predicted molar refractivity (Wildman–Crippen MR) is 69.5 cm³/mol. The Hall–Kier alpha value is 0.920. The fourth-order valence-electron chi connectivity index (χ4n) is 1.00. The number of halogens is 14. The van der Waals surface area contributed by atoms with E-state index in [0.717, 1.165) is 0 Å². The van der Waals surface area contributed by atoms with Gasteiger partial charge in [0, 0.05) is 0 Å². The van der Waals surface area contributed by atoms with Crippen molar-refractivity contribution in [2.24, 2.45) is 0 Å². The zero-order valence-corrected chi connectivity index (χ0v) is 14.0. The van der Waals surface area contributed by atoms with Gasteiger partial charge in [-0.3, -0.25) is 0 Å². The first-order valence-corrected chi connectivity index (χ1v) is 6.94. The summed E-state index contributed by atoms with van der Waals surface area (Å²) in [5.74, 6) is -7.94. The molecule has 2 unspecified atom stereocenters. The second kappa shape index (κ2) is 7.04. The number of rotatable bonds is 5.